The smallest absolute Gasteiger partial charge is 0.405 e. The molecule has 0 spiro atoms. The fraction of sp³-hybridized carbons (Fsp3) is 0.455. The first kappa shape index (κ1) is 22.7. The second-order valence-electron chi connectivity index (χ2n) is 8.05. The number of nitrogens with one attached hydrogen (secondary N) is 2. The molecule has 1 aliphatic heterocycles. The first-order valence-electron chi connectivity index (χ1n) is 10.6. The first-order chi connectivity index (χ1) is 15.3. The van der Waals surface area contributed by atoms with Gasteiger partial charge in [-0.25, -0.2) is 9.50 Å². The molecule has 6 nitrogen and oxygen atoms in total. The predicted molar refractivity (Wildman–Crippen MR) is 119 cm³/mol. The van der Waals surface area contributed by atoms with Crippen LogP contribution in [0.15, 0.2) is 41.6 Å². The lowest BCUT2D eigenvalue weighted by atomic mass is 10.1. The Morgan fingerprint density at radius 3 is 2.72 bits per heavy atom. The van der Waals surface area contributed by atoms with E-state index in [9.17, 15) is 13.2 Å². The highest BCUT2D eigenvalue weighted by Crippen LogP contribution is 2.32. The van der Waals surface area contributed by atoms with Gasteiger partial charge in [0.25, 0.3) is 0 Å². The molecular formula is C22H26F3N5OS. The number of imidazole rings is 1. The van der Waals surface area contributed by atoms with Crippen LogP contribution in [0, 0.1) is 0 Å². The van der Waals surface area contributed by atoms with Crippen LogP contribution >= 0.6 is 11.8 Å². The Morgan fingerprint density at radius 2 is 2.00 bits per heavy atom. The number of benzene rings is 1. The maximum atomic E-state index is 12.8. The van der Waals surface area contributed by atoms with E-state index >= 15 is 0 Å². The molecule has 1 aliphatic rings. The van der Waals surface area contributed by atoms with Gasteiger partial charge in [0.05, 0.1) is 17.6 Å². The number of ether oxygens (including phenoxy) is 1. The third kappa shape index (κ3) is 5.47. The monoisotopic (exact) mass is 465 g/mol. The molecule has 172 valence electrons. The summed E-state index contributed by atoms with van der Waals surface area (Å²) in [7, 11) is 0. The van der Waals surface area contributed by atoms with Crippen molar-refractivity contribution < 1.29 is 17.9 Å². The lowest BCUT2D eigenvalue weighted by molar-refractivity contribution is -0.274. The van der Waals surface area contributed by atoms with Crippen LogP contribution < -0.4 is 15.4 Å². The molecule has 10 heteroatoms. The van der Waals surface area contributed by atoms with Crippen LogP contribution in [0.5, 0.6) is 5.75 Å². The molecule has 3 heterocycles. The molecule has 3 aromatic rings. The van der Waals surface area contributed by atoms with Gasteiger partial charge in [-0.3, -0.25) is 0 Å². The van der Waals surface area contributed by atoms with Crippen LogP contribution in [0.3, 0.4) is 0 Å². The van der Waals surface area contributed by atoms with Crippen molar-refractivity contribution in [2.24, 2.45) is 0 Å². The summed E-state index contributed by atoms with van der Waals surface area (Å²) >= 11 is 1.74. The van der Waals surface area contributed by atoms with Gasteiger partial charge in [-0.1, -0.05) is 32.0 Å². The van der Waals surface area contributed by atoms with Crippen molar-refractivity contribution in [3.8, 4) is 5.75 Å². The van der Waals surface area contributed by atoms with E-state index in [2.05, 4.69) is 34.2 Å². The van der Waals surface area contributed by atoms with E-state index < -0.39 is 6.36 Å². The van der Waals surface area contributed by atoms with Crippen molar-refractivity contribution in [1.29, 1.82) is 0 Å². The number of anilines is 1. The van der Waals surface area contributed by atoms with Crippen molar-refractivity contribution in [1.82, 2.24) is 19.9 Å². The SMILES string of the molecule is CC(C)c1cnc2c(NCc3ccccc3OC(F)(F)F)cc(SC3CCNCC3)nn12. The fourth-order valence-corrected chi connectivity index (χ4v) is 4.82. The second-order valence-corrected chi connectivity index (χ2v) is 9.37. The number of thioether (sulfide) groups is 1. The quantitative estimate of drug-likeness (QED) is 0.500. The van der Waals surface area contributed by atoms with Gasteiger partial charge in [0.2, 0.25) is 0 Å². The molecule has 0 atom stereocenters. The number of para-hydroxylation sites is 1. The van der Waals surface area contributed by atoms with Gasteiger partial charge in [0.1, 0.15) is 10.8 Å². The number of fused-ring (bicyclic) bond motifs is 1. The normalized spacial score (nSPS) is 15.4. The standard InChI is InChI=1S/C22H26F3N5OS/c1-14(2)18-13-28-21-17(11-20(29-30(18)21)32-16-7-9-26-10-8-16)27-12-15-5-3-4-6-19(15)31-22(23,24)25/h3-6,11,13-14,16,26-27H,7-10,12H2,1-2H3. The third-order valence-corrected chi connectivity index (χ3v) is 6.55. The number of aromatic nitrogens is 3. The molecule has 0 radical (unpaired) electrons. The summed E-state index contributed by atoms with van der Waals surface area (Å²) in [5.74, 6) is 0.0125. The summed E-state index contributed by atoms with van der Waals surface area (Å²) < 4.78 is 44.4. The minimum atomic E-state index is -4.74. The minimum Gasteiger partial charge on any atom is -0.405 e. The number of piperidine rings is 1. The molecule has 0 unspecified atom stereocenters. The van der Waals surface area contributed by atoms with E-state index in [1.807, 2.05) is 10.6 Å². The molecule has 2 aromatic heterocycles. The highest BCUT2D eigenvalue weighted by atomic mass is 32.2. The summed E-state index contributed by atoms with van der Waals surface area (Å²) in [6.45, 7) is 6.30. The van der Waals surface area contributed by atoms with Crippen molar-refractivity contribution >= 4 is 23.1 Å². The third-order valence-electron chi connectivity index (χ3n) is 5.30. The molecule has 2 N–H and O–H groups in total. The molecule has 0 amide bonds. The van der Waals surface area contributed by atoms with Gasteiger partial charge in [-0.2, -0.15) is 5.10 Å². The van der Waals surface area contributed by atoms with Gasteiger partial charge >= 0.3 is 6.36 Å². The number of rotatable bonds is 7. The summed E-state index contributed by atoms with van der Waals surface area (Å²) in [6.07, 6.45) is -0.807. The molecule has 1 saturated heterocycles. The van der Waals surface area contributed by atoms with Crippen molar-refractivity contribution in [2.75, 3.05) is 18.4 Å². The predicted octanol–water partition coefficient (Wildman–Crippen LogP) is 5.21. The molecule has 1 aromatic carbocycles. The number of alkyl halides is 3. The van der Waals surface area contributed by atoms with Crippen molar-refractivity contribution in [2.45, 2.75) is 55.8 Å². The van der Waals surface area contributed by atoms with Gasteiger partial charge in [0.15, 0.2) is 5.65 Å². The Morgan fingerprint density at radius 1 is 1.25 bits per heavy atom. The fourth-order valence-electron chi connectivity index (χ4n) is 3.69. The Labute approximate surface area is 188 Å². The Hall–Kier alpha value is -2.46. The maximum absolute atomic E-state index is 12.8. The molecule has 4 rings (SSSR count). The lowest BCUT2D eigenvalue weighted by Gasteiger charge is -2.22. The molecule has 0 bridgehead atoms. The number of hydrogen-bond acceptors (Lipinski definition) is 6. The zero-order valence-electron chi connectivity index (χ0n) is 17.9. The van der Waals surface area contributed by atoms with Crippen LogP contribution in [0.1, 0.15) is 43.9 Å². The van der Waals surface area contributed by atoms with Crippen LogP contribution in [-0.4, -0.2) is 39.3 Å². The van der Waals surface area contributed by atoms with E-state index in [-0.39, 0.29) is 18.2 Å². The molecular weight excluding hydrogens is 439 g/mol. The Kier molecular flexibility index (Phi) is 6.80. The van der Waals surface area contributed by atoms with Crippen LogP contribution in [-0.2, 0) is 6.54 Å². The average Bonchev–Trinajstić information content (AvgIpc) is 3.17. The Balaban J connectivity index is 1.63. The van der Waals surface area contributed by atoms with Crippen molar-refractivity contribution in [3.63, 3.8) is 0 Å². The second kappa shape index (κ2) is 9.58. The average molecular weight is 466 g/mol. The zero-order valence-corrected chi connectivity index (χ0v) is 18.8. The van der Waals surface area contributed by atoms with Gasteiger partial charge in [-0.15, -0.1) is 24.9 Å². The maximum Gasteiger partial charge on any atom is 0.573 e. The van der Waals surface area contributed by atoms with E-state index in [1.165, 1.54) is 12.1 Å². The van der Waals surface area contributed by atoms with Crippen LogP contribution in [0.4, 0.5) is 18.9 Å². The van der Waals surface area contributed by atoms with Crippen molar-refractivity contribution in [3.05, 3.63) is 47.8 Å². The van der Waals surface area contributed by atoms with E-state index in [0.717, 1.165) is 42.3 Å². The molecule has 32 heavy (non-hydrogen) atoms. The van der Waals surface area contributed by atoms with E-state index in [4.69, 9.17) is 5.10 Å². The summed E-state index contributed by atoms with van der Waals surface area (Å²) in [5, 5.41) is 12.8. The largest absolute Gasteiger partial charge is 0.573 e. The molecule has 1 fully saturated rings. The lowest BCUT2D eigenvalue weighted by Crippen LogP contribution is -2.29. The minimum absolute atomic E-state index is 0.160. The van der Waals surface area contributed by atoms with Gasteiger partial charge in [0, 0.05) is 17.4 Å². The van der Waals surface area contributed by atoms with Crippen LogP contribution in [0.2, 0.25) is 0 Å². The number of halogens is 3. The van der Waals surface area contributed by atoms with E-state index in [0.29, 0.717) is 16.5 Å². The summed E-state index contributed by atoms with van der Waals surface area (Å²) in [4.78, 5) is 4.53. The number of nitrogens with zero attached hydrogens (tertiary/aromatic N) is 3. The summed E-state index contributed by atoms with van der Waals surface area (Å²) in [6, 6.07) is 8.08. The highest BCUT2D eigenvalue weighted by molar-refractivity contribution is 7.99. The van der Waals surface area contributed by atoms with Gasteiger partial charge in [-0.05, 0) is 44.0 Å². The van der Waals surface area contributed by atoms with Gasteiger partial charge < -0.3 is 15.4 Å². The molecule has 0 aliphatic carbocycles. The van der Waals surface area contributed by atoms with Crippen LogP contribution in [0.25, 0.3) is 5.65 Å². The molecule has 0 saturated carbocycles. The van der Waals surface area contributed by atoms with E-state index in [1.54, 1.807) is 30.1 Å². The Bertz CT molecular complexity index is 1060. The number of hydrogen-bond donors (Lipinski definition) is 2. The zero-order chi connectivity index (χ0) is 22.7. The topological polar surface area (TPSA) is 63.5 Å². The first-order valence-corrected chi connectivity index (χ1v) is 11.5. The highest BCUT2D eigenvalue weighted by Gasteiger charge is 2.32. The summed E-state index contributed by atoms with van der Waals surface area (Å²) in [5.41, 5.74) is 2.77.